The number of ketones is 1. The zero-order chi connectivity index (χ0) is 46.5. The van der Waals surface area contributed by atoms with Gasteiger partial charge in [-0.15, -0.1) is 0 Å². The third kappa shape index (κ3) is 24.2. The third-order valence-electron chi connectivity index (χ3n) is 8.11. The molecule has 0 aromatic heterocycles. The van der Waals surface area contributed by atoms with E-state index in [0.29, 0.717) is 18.4 Å². The Morgan fingerprint density at radius 2 is 1.52 bits per heavy atom. The van der Waals surface area contributed by atoms with E-state index in [1.54, 1.807) is 32.9 Å². The van der Waals surface area contributed by atoms with Gasteiger partial charge in [-0.2, -0.15) is 0 Å². The highest BCUT2D eigenvalue weighted by atomic mass is 16.4. The topological polar surface area (TPSA) is 365 Å². The number of aliphatic carboxylic acids is 1. The second-order valence-electron chi connectivity index (χ2n) is 14.3. The summed E-state index contributed by atoms with van der Waals surface area (Å²) in [4.78, 5) is 101. The van der Waals surface area contributed by atoms with Crippen LogP contribution in [0, 0.1) is 11.8 Å². The van der Waals surface area contributed by atoms with Crippen LogP contribution in [-0.4, -0.2) is 130 Å². The van der Waals surface area contributed by atoms with E-state index in [1.807, 2.05) is 27.7 Å². The molecule has 0 saturated carbocycles. The number of phenolic OH excluding ortho intramolecular Hbond substituents is 1. The molecule has 15 N–H and O–H groups in total. The fourth-order valence-electron chi connectivity index (χ4n) is 5.31. The number of guanidine groups is 1. The lowest BCUT2D eigenvalue weighted by Crippen LogP contribution is -2.56. The molecule has 1 aromatic carbocycles. The van der Waals surface area contributed by atoms with Crippen LogP contribution in [0.2, 0.25) is 0 Å². The molecule has 21 nitrogen and oxygen atoms in total. The molecule has 0 bridgehead atoms. The molecule has 6 amide bonds. The zero-order valence-electron chi connectivity index (χ0n) is 35.8. The number of phenols is 1. The number of aliphatic hydroxyl groups is 1. The van der Waals surface area contributed by atoms with Crippen LogP contribution in [0.4, 0.5) is 0 Å². The molecule has 1 aromatic rings. The highest BCUT2D eigenvalue weighted by Crippen LogP contribution is 2.21. The fourth-order valence-corrected chi connectivity index (χ4v) is 5.31. The number of nitrogens with one attached hydrogen (secondary N) is 4. The summed E-state index contributed by atoms with van der Waals surface area (Å²) in [5, 5.41) is 37.8. The number of aliphatic imine (C=N–C) groups is 1. The maximum atomic E-state index is 13.4. The zero-order valence-corrected chi connectivity index (χ0v) is 35.8. The van der Waals surface area contributed by atoms with Crippen LogP contribution in [0.15, 0.2) is 29.3 Å². The van der Waals surface area contributed by atoms with Gasteiger partial charge in [-0.25, -0.2) is 0 Å². The van der Waals surface area contributed by atoms with E-state index < -0.39 is 78.2 Å². The Labute approximate surface area is 351 Å². The number of benzene rings is 1. The van der Waals surface area contributed by atoms with Crippen molar-refractivity contribution >= 4 is 53.7 Å². The first kappa shape index (κ1) is 56.3. The highest BCUT2D eigenvalue weighted by Gasteiger charge is 2.46. The third-order valence-corrected chi connectivity index (χ3v) is 8.11. The molecule has 1 saturated heterocycles. The molecule has 5 atom stereocenters. The van der Waals surface area contributed by atoms with Gasteiger partial charge in [-0.3, -0.25) is 43.3 Å². The van der Waals surface area contributed by atoms with Gasteiger partial charge in [-0.1, -0.05) is 60.6 Å². The van der Waals surface area contributed by atoms with Crippen molar-refractivity contribution in [2.75, 3.05) is 26.2 Å². The minimum Gasteiger partial charge on any atom is -0.508 e. The van der Waals surface area contributed by atoms with E-state index in [-0.39, 0.29) is 55.6 Å². The monoisotopic (exact) mass is 853 g/mol. The summed E-state index contributed by atoms with van der Waals surface area (Å²) in [7, 11) is 0. The van der Waals surface area contributed by atoms with Crippen LogP contribution in [0.3, 0.4) is 0 Å². The molecule has 1 aliphatic heterocycles. The first-order chi connectivity index (χ1) is 28.1. The lowest BCUT2D eigenvalue weighted by Gasteiger charge is -2.30. The minimum absolute atomic E-state index is 0.0229. The molecule has 1 heterocycles. The van der Waals surface area contributed by atoms with Crippen molar-refractivity contribution in [1.82, 2.24) is 26.2 Å². The first-order valence-corrected chi connectivity index (χ1v) is 19.7. The first-order valence-electron chi connectivity index (χ1n) is 19.7. The standard InChI is InChI=1S/C30H44N6O9.C4H11N3.C3H6O2.C2H7N/c1-16(2)11-20(22(39)9-10-24(31)41)34-25(42)13-32-29(44)27(17(3)4)36-14-23(40)26(30(36)45)35-28(43)21(33-15-37)12-18-5-7-19(38)8-6-18;1-2-3-7-4(5)6;1-2-3(4)5;1-2-3/h5-8,15-17,20-21,23,26-27,38,40H,9-14H2,1-4H3,(H2,31,41)(H,32,44)(H,33,37)(H,34,42)(H,35,43);2-3H2,1H3,(H4,5,6,7);2H2,1H3,(H,4,5);2-3H2,1H3/t20-,21-,23?,26?,27?;;;/m1.../s1. The predicted octanol–water partition coefficient (Wildman–Crippen LogP) is -1.64. The van der Waals surface area contributed by atoms with Crippen molar-refractivity contribution in [1.29, 1.82) is 0 Å². The van der Waals surface area contributed by atoms with Crippen LogP contribution >= 0.6 is 0 Å². The van der Waals surface area contributed by atoms with Crippen molar-refractivity contribution < 1.29 is 53.7 Å². The Morgan fingerprint density at radius 3 is 1.95 bits per heavy atom. The molecular formula is C39H68N10O11. The van der Waals surface area contributed by atoms with Gasteiger partial charge in [0.1, 0.15) is 30.0 Å². The molecule has 1 fully saturated rings. The van der Waals surface area contributed by atoms with Crippen molar-refractivity contribution in [3.8, 4) is 5.75 Å². The van der Waals surface area contributed by atoms with Gasteiger partial charge in [0.2, 0.25) is 35.9 Å². The van der Waals surface area contributed by atoms with E-state index in [0.717, 1.165) is 24.4 Å². The Bertz CT molecular complexity index is 1540. The van der Waals surface area contributed by atoms with Crippen LogP contribution in [0.25, 0.3) is 0 Å². The number of carboxylic acids is 1. The number of hydrogen-bond acceptors (Lipinski definition) is 12. The van der Waals surface area contributed by atoms with E-state index in [2.05, 4.69) is 26.3 Å². The smallest absolute Gasteiger partial charge is 0.303 e. The normalized spacial score (nSPS) is 15.5. The molecular weight excluding hydrogens is 784 g/mol. The molecule has 1 aliphatic rings. The molecule has 2 rings (SSSR count). The molecule has 60 heavy (non-hydrogen) atoms. The van der Waals surface area contributed by atoms with E-state index in [4.69, 9.17) is 28.0 Å². The number of β-amino-alcohol motifs (C(OH)–C–C–N with tert-alkyl or cyclic N) is 1. The number of aromatic hydroxyl groups is 1. The Kier molecular flexibility index (Phi) is 29.2. The van der Waals surface area contributed by atoms with E-state index >= 15 is 0 Å². The van der Waals surface area contributed by atoms with Crippen molar-refractivity contribution in [3.63, 3.8) is 0 Å². The highest BCUT2D eigenvalue weighted by molar-refractivity contribution is 5.97. The van der Waals surface area contributed by atoms with Gasteiger partial charge < -0.3 is 64.4 Å². The molecule has 340 valence electrons. The number of nitrogens with two attached hydrogens (primary N) is 4. The number of rotatable bonds is 21. The van der Waals surface area contributed by atoms with Crippen LogP contribution in [-0.2, 0) is 44.8 Å². The average Bonchev–Trinajstić information content (AvgIpc) is 3.43. The summed E-state index contributed by atoms with van der Waals surface area (Å²) >= 11 is 0. The molecule has 3 unspecified atom stereocenters. The number of hydrogen-bond donors (Lipinski definition) is 11. The molecule has 0 radical (unpaired) electrons. The second-order valence-corrected chi connectivity index (χ2v) is 14.3. The van der Waals surface area contributed by atoms with Gasteiger partial charge >= 0.3 is 5.97 Å². The summed E-state index contributed by atoms with van der Waals surface area (Å²) < 4.78 is 0. The number of carbonyl (C=O) groups is 8. The SMILES string of the molecule is CC(C)C[C@@H](NC(=O)CNC(=O)C(C(C)C)N1CC(O)C(NC(=O)[C@@H](Cc2ccc(O)cc2)NC=O)C1=O)C(=O)CCC(N)=O.CCC(=O)O.CCCN=C(N)N.CCN. The maximum absolute atomic E-state index is 13.4. The van der Waals surface area contributed by atoms with Crippen LogP contribution < -0.4 is 44.2 Å². The average molecular weight is 853 g/mol. The van der Waals surface area contributed by atoms with Gasteiger partial charge in [0.25, 0.3) is 0 Å². The largest absolute Gasteiger partial charge is 0.508 e. The lowest BCUT2D eigenvalue weighted by atomic mass is 9.97. The van der Waals surface area contributed by atoms with E-state index in [9.17, 15) is 48.6 Å². The van der Waals surface area contributed by atoms with Crippen LogP contribution in [0.5, 0.6) is 5.75 Å². The second kappa shape index (κ2) is 31.1. The summed E-state index contributed by atoms with van der Waals surface area (Å²) in [6.45, 7) is 13.3. The van der Waals surface area contributed by atoms with Crippen LogP contribution in [0.1, 0.15) is 86.1 Å². The number of Topliss-reactive ketones (excluding diaryl/α,β-unsaturated/α-hetero) is 1. The predicted molar refractivity (Wildman–Crippen MR) is 225 cm³/mol. The maximum Gasteiger partial charge on any atom is 0.303 e. The molecule has 21 heteroatoms. The van der Waals surface area contributed by atoms with Gasteiger partial charge in [0.05, 0.1) is 19.1 Å². The van der Waals surface area contributed by atoms with E-state index in [1.165, 1.54) is 12.1 Å². The molecule has 0 aliphatic carbocycles. The van der Waals surface area contributed by atoms with Gasteiger partial charge in [-0.05, 0) is 48.9 Å². The number of nitrogens with zero attached hydrogens (tertiary/aromatic N) is 2. The van der Waals surface area contributed by atoms with Crippen molar-refractivity contribution in [3.05, 3.63) is 29.8 Å². The Morgan fingerprint density at radius 1 is 0.950 bits per heavy atom. The minimum atomic E-state index is -1.39. The summed E-state index contributed by atoms with van der Waals surface area (Å²) in [5.41, 5.74) is 20.6. The fraction of sp³-hybridized carbons (Fsp3) is 0.615. The number of likely N-dealkylation sites (tertiary alicyclic amines) is 1. The molecule has 0 spiro atoms. The Balaban J connectivity index is 0. The van der Waals surface area contributed by atoms with Gasteiger partial charge in [0, 0.05) is 32.2 Å². The summed E-state index contributed by atoms with van der Waals surface area (Å²) in [6.07, 6.45) is 0.261. The number of carboxylic acid groups (broad SMARTS) is 1. The lowest BCUT2D eigenvalue weighted by molar-refractivity contribution is -0.141. The van der Waals surface area contributed by atoms with Gasteiger partial charge in [0.15, 0.2) is 11.7 Å². The number of primary amides is 1. The number of amides is 6. The summed E-state index contributed by atoms with van der Waals surface area (Å²) in [6, 6.07) is 1.51. The quantitative estimate of drug-likeness (QED) is 0.0376. The Hall–Kier alpha value is -5.83. The summed E-state index contributed by atoms with van der Waals surface area (Å²) in [5.74, 6) is -4.74. The van der Waals surface area contributed by atoms with Crippen molar-refractivity contribution in [2.24, 2.45) is 39.8 Å². The van der Waals surface area contributed by atoms with Crippen molar-refractivity contribution in [2.45, 2.75) is 117 Å². The number of carbonyl (C=O) groups excluding carboxylic acids is 7. The number of aliphatic hydroxyl groups excluding tert-OH is 1.